The number of aromatic nitrogens is 2. The van der Waals surface area contributed by atoms with Crippen molar-refractivity contribution >= 4 is 16.0 Å². The number of sulfonamides is 1. The van der Waals surface area contributed by atoms with E-state index in [9.17, 15) is 21.6 Å². The van der Waals surface area contributed by atoms with Crippen LogP contribution >= 0.6 is 0 Å². The number of H-pyrrole nitrogens is 1. The van der Waals surface area contributed by atoms with Gasteiger partial charge in [0.15, 0.2) is 11.5 Å². The molecule has 2 N–H and O–H groups in total. The van der Waals surface area contributed by atoms with Crippen molar-refractivity contribution in [3.05, 3.63) is 30.1 Å². The van der Waals surface area contributed by atoms with E-state index in [4.69, 9.17) is 9.47 Å². The summed E-state index contributed by atoms with van der Waals surface area (Å²) in [6.45, 7) is 0.820. The number of nitrogens with zero attached hydrogens (tertiary/aromatic N) is 1. The van der Waals surface area contributed by atoms with Gasteiger partial charge in [-0.15, -0.1) is 0 Å². The summed E-state index contributed by atoms with van der Waals surface area (Å²) in [5.74, 6) is 0.129. The van der Waals surface area contributed by atoms with E-state index in [-0.39, 0.29) is 10.6 Å². The maximum atomic E-state index is 12.5. The fourth-order valence-corrected chi connectivity index (χ4v) is 3.00. The van der Waals surface area contributed by atoms with Crippen molar-refractivity contribution in [2.45, 2.75) is 17.5 Å². The van der Waals surface area contributed by atoms with Crippen molar-refractivity contribution in [2.75, 3.05) is 17.9 Å². The molecule has 2 heterocycles. The molecule has 0 saturated heterocycles. The fourth-order valence-electron chi connectivity index (χ4n) is 2.01. The molecule has 130 valence electrons. The zero-order valence-corrected chi connectivity index (χ0v) is 12.9. The number of benzene rings is 1. The zero-order chi connectivity index (χ0) is 17.4. The van der Waals surface area contributed by atoms with E-state index in [1.807, 2.05) is 9.71 Å². The van der Waals surface area contributed by atoms with Crippen LogP contribution in [0.4, 0.5) is 19.1 Å². The SMILES string of the molecule is O=S(=O)(Nc1ncc(C(F)(F)F)[nH]1)c1ccc2c(c1)OCCCO2. The number of hydrogen-bond donors (Lipinski definition) is 2. The van der Waals surface area contributed by atoms with Crippen molar-refractivity contribution in [1.29, 1.82) is 0 Å². The molecule has 2 aromatic rings. The van der Waals surface area contributed by atoms with Crippen LogP contribution in [0.25, 0.3) is 0 Å². The first-order valence-corrected chi connectivity index (χ1v) is 8.29. The Morgan fingerprint density at radius 1 is 1.17 bits per heavy atom. The molecule has 0 atom stereocenters. The van der Waals surface area contributed by atoms with Gasteiger partial charge in [-0.2, -0.15) is 13.2 Å². The molecule has 1 aromatic carbocycles. The second kappa shape index (κ2) is 5.89. The Labute approximate surface area is 134 Å². The largest absolute Gasteiger partial charge is 0.490 e. The summed E-state index contributed by atoms with van der Waals surface area (Å²) in [5.41, 5.74) is -1.15. The van der Waals surface area contributed by atoms with Gasteiger partial charge in [0.2, 0.25) is 5.95 Å². The second-order valence-corrected chi connectivity index (χ2v) is 6.59. The minimum absolute atomic E-state index is 0.184. The predicted octanol–water partition coefficient (Wildman–Crippen LogP) is 2.39. The summed E-state index contributed by atoms with van der Waals surface area (Å²) in [4.78, 5) is 5.06. The lowest BCUT2D eigenvalue weighted by Gasteiger charge is -2.10. The minimum Gasteiger partial charge on any atom is -0.490 e. The van der Waals surface area contributed by atoms with Crippen molar-refractivity contribution in [1.82, 2.24) is 9.97 Å². The molecule has 3 rings (SSSR count). The van der Waals surface area contributed by atoms with Crippen molar-refractivity contribution in [3.8, 4) is 11.5 Å². The molecule has 0 saturated carbocycles. The molecule has 24 heavy (non-hydrogen) atoms. The number of ether oxygens (including phenoxy) is 2. The molecule has 0 spiro atoms. The topological polar surface area (TPSA) is 93.3 Å². The van der Waals surface area contributed by atoms with Gasteiger partial charge in [-0.1, -0.05) is 0 Å². The third-order valence-electron chi connectivity index (χ3n) is 3.14. The highest BCUT2D eigenvalue weighted by atomic mass is 32.2. The predicted molar refractivity (Wildman–Crippen MR) is 76.4 cm³/mol. The Kier molecular flexibility index (Phi) is 4.03. The molecule has 0 radical (unpaired) electrons. The number of nitrogens with one attached hydrogen (secondary N) is 2. The van der Waals surface area contributed by atoms with E-state index in [2.05, 4.69) is 4.98 Å². The maximum absolute atomic E-state index is 12.5. The number of imidazole rings is 1. The van der Waals surface area contributed by atoms with Gasteiger partial charge in [0.25, 0.3) is 10.0 Å². The smallest absolute Gasteiger partial charge is 0.432 e. The Bertz CT molecular complexity index is 848. The average molecular weight is 363 g/mol. The number of alkyl halides is 3. The van der Waals surface area contributed by atoms with Gasteiger partial charge in [-0.3, -0.25) is 0 Å². The summed E-state index contributed by atoms with van der Waals surface area (Å²) in [5, 5.41) is 0. The molecule has 0 aliphatic carbocycles. The van der Waals surface area contributed by atoms with E-state index < -0.39 is 27.8 Å². The lowest BCUT2D eigenvalue weighted by Crippen LogP contribution is -2.14. The van der Waals surface area contributed by atoms with Crippen LogP contribution < -0.4 is 14.2 Å². The lowest BCUT2D eigenvalue weighted by atomic mass is 10.3. The first-order chi connectivity index (χ1) is 11.3. The molecule has 7 nitrogen and oxygen atoms in total. The lowest BCUT2D eigenvalue weighted by molar-refractivity contribution is -0.140. The number of halogens is 3. The van der Waals surface area contributed by atoms with Gasteiger partial charge >= 0.3 is 6.18 Å². The molecule has 0 unspecified atom stereocenters. The number of fused-ring (bicyclic) bond motifs is 1. The van der Waals surface area contributed by atoms with E-state index in [1.54, 1.807) is 0 Å². The minimum atomic E-state index is -4.65. The van der Waals surface area contributed by atoms with Crippen LogP contribution in [-0.2, 0) is 16.2 Å². The number of rotatable bonds is 3. The molecule has 1 aliphatic rings. The highest BCUT2D eigenvalue weighted by Gasteiger charge is 2.33. The highest BCUT2D eigenvalue weighted by molar-refractivity contribution is 7.92. The van der Waals surface area contributed by atoms with Crippen LogP contribution in [0.3, 0.4) is 0 Å². The van der Waals surface area contributed by atoms with E-state index >= 15 is 0 Å². The van der Waals surface area contributed by atoms with Gasteiger partial charge in [-0.05, 0) is 12.1 Å². The van der Waals surface area contributed by atoms with Gasteiger partial charge in [0, 0.05) is 12.5 Å². The quantitative estimate of drug-likeness (QED) is 0.873. The van der Waals surface area contributed by atoms with Crippen molar-refractivity contribution in [2.24, 2.45) is 0 Å². The highest BCUT2D eigenvalue weighted by Crippen LogP contribution is 2.33. The van der Waals surface area contributed by atoms with Crippen LogP contribution in [0, 0.1) is 0 Å². The van der Waals surface area contributed by atoms with Crippen LogP contribution in [0.2, 0.25) is 0 Å². The summed E-state index contributed by atoms with van der Waals surface area (Å²) in [6, 6.07) is 3.94. The Hall–Kier alpha value is -2.43. The number of anilines is 1. The van der Waals surface area contributed by atoms with Crippen LogP contribution in [0.1, 0.15) is 12.1 Å². The Morgan fingerprint density at radius 2 is 1.88 bits per heavy atom. The summed E-state index contributed by atoms with van der Waals surface area (Å²) < 4.78 is 74.8. The van der Waals surface area contributed by atoms with E-state index in [1.165, 1.54) is 18.2 Å². The standard InChI is InChI=1S/C13H12F3N3O4S/c14-13(15,16)11-7-17-12(18-11)19-24(20,21)8-2-3-9-10(6-8)23-5-1-4-22-9/h2-3,6-7H,1,4-5H2,(H2,17,18,19). The third-order valence-corrected chi connectivity index (χ3v) is 4.48. The molecule has 0 fully saturated rings. The summed E-state index contributed by atoms with van der Waals surface area (Å²) >= 11 is 0. The molecular formula is C13H12F3N3O4S. The molecule has 1 aliphatic heterocycles. The number of hydrogen-bond acceptors (Lipinski definition) is 5. The number of aromatic amines is 1. The van der Waals surface area contributed by atoms with Gasteiger partial charge in [0.1, 0.15) is 5.69 Å². The normalized spacial score (nSPS) is 15.0. The molecule has 0 amide bonds. The third kappa shape index (κ3) is 3.40. The molecular weight excluding hydrogens is 351 g/mol. The average Bonchev–Trinajstić information content (AvgIpc) is 2.83. The van der Waals surface area contributed by atoms with Gasteiger partial charge in [-0.25, -0.2) is 18.1 Å². The fraction of sp³-hybridized carbons (Fsp3) is 0.308. The second-order valence-electron chi connectivity index (χ2n) is 4.91. The Morgan fingerprint density at radius 3 is 2.54 bits per heavy atom. The van der Waals surface area contributed by atoms with E-state index in [0.717, 1.165) is 0 Å². The Balaban J connectivity index is 1.85. The first kappa shape index (κ1) is 16.4. The first-order valence-electron chi connectivity index (χ1n) is 6.80. The van der Waals surface area contributed by atoms with Crippen molar-refractivity contribution in [3.63, 3.8) is 0 Å². The molecule has 11 heteroatoms. The monoisotopic (exact) mass is 363 g/mol. The summed E-state index contributed by atoms with van der Waals surface area (Å²) in [6.07, 6.45) is -3.49. The van der Waals surface area contributed by atoms with Crippen LogP contribution in [0.5, 0.6) is 11.5 Å². The summed E-state index contributed by atoms with van der Waals surface area (Å²) in [7, 11) is -4.14. The maximum Gasteiger partial charge on any atom is 0.432 e. The zero-order valence-electron chi connectivity index (χ0n) is 12.1. The van der Waals surface area contributed by atoms with Crippen LogP contribution in [0.15, 0.2) is 29.3 Å². The van der Waals surface area contributed by atoms with Crippen molar-refractivity contribution < 1.29 is 31.1 Å². The molecule has 0 bridgehead atoms. The van der Waals surface area contributed by atoms with Crippen LogP contribution in [-0.4, -0.2) is 31.6 Å². The van der Waals surface area contributed by atoms with Gasteiger partial charge < -0.3 is 14.5 Å². The van der Waals surface area contributed by atoms with Gasteiger partial charge in [0.05, 0.1) is 24.3 Å². The molecule has 1 aromatic heterocycles. The van der Waals surface area contributed by atoms with E-state index in [0.29, 0.717) is 31.6 Å².